The van der Waals surface area contributed by atoms with Gasteiger partial charge in [0.2, 0.25) is 0 Å². The van der Waals surface area contributed by atoms with Crippen LogP contribution < -0.4 is 0 Å². The SMILES string of the molecule is CC(C)CCC[C@@H](C)[C@H]1CC[C@@]2(C)[C@H]1CC[C@H]1[C@@]3(C)CCC(O)C(C)(C)[C@@H]3CC[C@@]12C. The van der Waals surface area contributed by atoms with Gasteiger partial charge in [0.05, 0.1) is 6.10 Å². The maximum absolute atomic E-state index is 10.9. The second-order valence-electron chi connectivity index (χ2n) is 14.5. The molecule has 0 radical (unpaired) electrons. The second-order valence-corrected chi connectivity index (χ2v) is 14.5. The zero-order chi connectivity index (χ0) is 22.8. The standard InChI is InChI=1S/C30H54O/c1-20(2)10-9-11-21(3)22-14-18-29(7)23(22)12-13-25-28(6)17-16-26(31)27(4,5)24(28)15-19-30(25,29)8/h20-26,31H,9-19H2,1-8H3/t21-,22-,23+,24+,25+,26?,28+,29+,30+/m1/s1. The van der Waals surface area contributed by atoms with Crippen molar-refractivity contribution in [2.45, 2.75) is 132 Å². The molecule has 4 saturated carbocycles. The van der Waals surface area contributed by atoms with Crippen molar-refractivity contribution in [3.63, 3.8) is 0 Å². The zero-order valence-electron chi connectivity index (χ0n) is 22.3. The molecular formula is C30H54O. The summed E-state index contributed by atoms with van der Waals surface area (Å²) in [5.41, 5.74) is 1.52. The Kier molecular flexibility index (Phi) is 6.24. The Morgan fingerprint density at radius 3 is 2.10 bits per heavy atom. The molecule has 4 aliphatic carbocycles. The van der Waals surface area contributed by atoms with Gasteiger partial charge in [-0.2, -0.15) is 0 Å². The van der Waals surface area contributed by atoms with Crippen LogP contribution in [-0.2, 0) is 0 Å². The number of hydrogen-bond donors (Lipinski definition) is 1. The molecule has 31 heavy (non-hydrogen) atoms. The lowest BCUT2D eigenvalue weighted by Gasteiger charge is -2.70. The fraction of sp³-hybridized carbons (Fsp3) is 1.00. The van der Waals surface area contributed by atoms with Gasteiger partial charge in [0.25, 0.3) is 0 Å². The van der Waals surface area contributed by atoms with Crippen LogP contribution in [0.3, 0.4) is 0 Å². The number of hydrogen-bond acceptors (Lipinski definition) is 1. The Bertz CT molecular complexity index is 651. The van der Waals surface area contributed by atoms with Gasteiger partial charge in [-0.25, -0.2) is 0 Å². The number of rotatable bonds is 5. The lowest BCUT2D eigenvalue weighted by molar-refractivity contribution is -0.222. The van der Waals surface area contributed by atoms with E-state index in [0.717, 1.165) is 36.0 Å². The molecule has 1 N–H and O–H groups in total. The van der Waals surface area contributed by atoms with Gasteiger partial charge in [-0.05, 0) is 109 Å². The van der Waals surface area contributed by atoms with E-state index in [1.165, 1.54) is 64.2 Å². The number of aliphatic hydroxyl groups is 1. The highest BCUT2D eigenvalue weighted by Crippen LogP contribution is 2.75. The minimum absolute atomic E-state index is 0.0786. The summed E-state index contributed by atoms with van der Waals surface area (Å²) in [6.07, 6.45) is 15.0. The van der Waals surface area contributed by atoms with Gasteiger partial charge >= 0.3 is 0 Å². The quantitative estimate of drug-likeness (QED) is 0.463. The number of fused-ring (bicyclic) bond motifs is 5. The Labute approximate surface area is 194 Å². The zero-order valence-corrected chi connectivity index (χ0v) is 22.3. The molecule has 4 fully saturated rings. The van der Waals surface area contributed by atoms with Gasteiger partial charge in [0.15, 0.2) is 0 Å². The largest absolute Gasteiger partial charge is 0.393 e. The Hall–Kier alpha value is -0.0400. The van der Waals surface area contributed by atoms with Gasteiger partial charge in [0.1, 0.15) is 0 Å². The summed E-state index contributed by atoms with van der Waals surface area (Å²) >= 11 is 0. The third-order valence-corrected chi connectivity index (χ3v) is 12.6. The van der Waals surface area contributed by atoms with E-state index in [4.69, 9.17) is 0 Å². The van der Waals surface area contributed by atoms with Crippen molar-refractivity contribution in [3.05, 3.63) is 0 Å². The van der Waals surface area contributed by atoms with Crippen LogP contribution in [-0.4, -0.2) is 11.2 Å². The highest BCUT2D eigenvalue weighted by atomic mass is 16.3. The molecule has 1 unspecified atom stereocenters. The molecule has 9 atom stereocenters. The van der Waals surface area contributed by atoms with E-state index in [-0.39, 0.29) is 11.5 Å². The van der Waals surface area contributed by atoms with Crippen LogP contribution in [0, 0.1) is 57.2 Å². The van der Waals surface area contributed by atoms with Gasteiger partial charge in [-0.15, -0.1) is 0 Å². The maximum Gasteiger partial charge on any atom is 0.0594 e. The van der Waals surface area contributed by atoms with E-state index in [0.29, 0.717) is 22.2 Å². The van der Waals surface area contributed by atoms with Crippen molar-refractivity contribution >= 4 is 0 Å². The van der Waals surface area contributed by atoms with Crippen LogP contribution in [0.1, 0.15) is 126 Å². The van der Waals surface area contributed by atoms with Crippen molar-refractivity contribution in [1.29, 1.82) is 0 Å². The van der Waals surface area contributed by atoms with Gasteiger partial charge < -0.3 is 5.11 Å². The highest BCUT2D eigenvalue weighted by molar-refractivity contribution is 5.17. The van der Waals surface area contributed by atoms with Gasteiger partial charge in [0, 0.05) is 0 Å². The highest BCUT2D eigenvalue weighted by Gasteiger charge is 2.68. The van der Waals surface area contributed by atoms with Crippen LogP contribution in [0.4, 0.5) is 0 Å². The first-order valence-corrected chi connectivity index (χ1v) is 14.1. The van der Waals surface area contributed by atoms with Crippen LogP contribution in [0.15, 0.2) is 0 Å². The molecule has 0 heterocycles. The lowest BCUT2D eigenvalue weighted by atomic mass is 9.35. The predicted molar refractivity (Wildman–Crippen MR) is 133 cm³/mol. The topological polar surface area (TPSA) is 20.2 Å². The van der Waals surface area contributed by atoms with Crippen molar-refractivity contribution in [3.8, 4) is 0 Å². The van der Waals surface area contributed by atoms with Gasteiger partial charge in [-0.1, -0.05) is 74.7 Å². The third kappa shape index (κ3) is 3.49. The monoisotopic (exact) mass is 430 g/mol. The molecule has 0 saturated heterocycles. The minimum Gasteiger partial charge on any atom is -0.393 e. The Morgan fingerprint density at radius 2 is 1.42 bits per heavy atom. The summed E-state index contributed by atoms with van der Waals surface area (Å²) in [6, 6.07) is 0. The van der Waals surface area contributed by atoms with E-state index in [1.807, 2.05) is 0 Å². The number of aliphatic hydroxyl groups excluding tert-OH is 1. The van der Waals surface area contributed by atoms with Gasteiger partial charge in [-0.3, -0.25) is 0 Å². The molecule has 4 aliphatic rings. The molecule has 1 nitrogen and oxygen atoms in total. The predicted octanol–water partition coefficient (Wildman–Crippen LogP) is 8.49. The molecule has 180 valence electrons. The summed E-state index contributed by atoms with van der Waals surface area (Å²) in [7, 11) is 0. The van der Waals surface area contributed by atoms with E-state index >= 15 is 0 Å². The molecule has 0 aromatic rings. The molecule has 0 aromatic carbocycles. The van der Waals surface area contributed by atoms with Crippen LogP contribution in [0.5, 0.6) is 0 Å². The lowest BCUT2D eigenvalue weighted by Crippen LogP contribution is -2.63. The summed E-state index contributed by atoms with van der Waals surface area (Å²) < 4.78 is 0. The van der Waals surface area contributed by atoms with Crippen LogP contribution in [0.2, 0.25) is 0 Å². The maximum atomic E-state index is 10.9. The molecule has 0 amide bonds. The van der Waals surface area contributed by atoms with E-state index < -0.39 is 0 Å². The van der Waals surface area contributed by atoms with Crippen molar-refractivity contribution in [2.75, 3.05) is 0 Å². The smallest absolute Gasteiger partial charge is 0.0594 e. The third-order valence-electron chi connectivity index (χ3n) is 12.6. The van der Waals surface area contributed by atoms with Crippen molar-refractivity contribution in [1.82, 2.24) is 0 Å². The minimum atomic E-state index is -0.107. The summed E-state index contributed by atoms with van der Waals surface area (Å²) in [6.45, 7) is 20.2. The molecule has 0 spiro atoms. The van der Waals surface area contributed by atoms with Crippen molar-refractivity contribution < 1.29 is 5.11 Å². The van der Waals surface area contributed by atoms with Crippen LogP contribution in [0.25, 0.3) is 0 Å². The second kappa shape index (κ2) is 8.02. The van der Waals surface area contributed by atoms with Crippen molar-refractivity contribution in [2.24, 2.45) is 57.2 Å². The normalized spacial score (nSPS) is 49.9. The summed E-state index contributed by atoms with van der Waals surface area (Å²) in [4.78, 5) is 0. The fourth-order valence-corrected chi connectivity index (χ4v) is 10.5. The summed E-state index contributed by atoms with van der Waals surface area (Å²) in [5, 5.41) is 10.9. The van der Waals surface area contributed by atoms with E-state index in [1.54, 1.807) is 0 Å². The molecule has 1 heteroatoms. The molecule has 4 rings (SSSR count). The molecule has 0 aromatic heterocycles. The van der Waals surface area contributed by atoms with E-state index in [2.05, 4.69) is 55.4 Å². The summed E-state index contributed by atoms with van der Waals surface area (Å²) in [5.74, 6) is 5.21. The molecular weight excluding hydrogens is 376 g/mol. The van der Waals surface area contributed by atoms with Crippen LogP contribution >= 0.6 is 0 Å². The Morgan fingerprint density at radius 1 is 0.742 bits per heavy atom. The first-order chi connectivity index (χ1) is 14.4. The first-order valence-electron chi connectivity index (χ1n) is 14.1. The fourth-order valence-electron chi connectivity index (χ4n) is 10.5. The molecule has 0 aliphatic heterocycles. The first kappa shape index (κ1) is 24.1. The average Bonchev–Trinajstić information content (AvgIpc) is 3.03. The Balaban J connectivity index is 1.56. The van der Waals surface area contributed by atoms with E-state index in [9.17, 15) is 5.11 Å². The average molecular weight is 431 g/mol. The molecule has 0 bridgehead atoms.